The van der Waals surface area contributed by atoms with Crippen LogP contribution in [0.3, 0.4) is 0 Å². The van der Waals surface area contributed by atoms with Gasteiger partial charge >= 0.3 is 5.97 Å². The molecule has 4 heteroatoms. The molecule has 2 aromatic carbocycles. The number of benzene rings is 2. The Hall–Kier alpha value is -2.62. The van der Waals surface area contributed by atoms with E-state index in [-0.39, 0.29) is 17.9 Å². The number of para-hydroxylation sites is 2. The number of nitrogens with zero attached hydrogens (tertiary/aromatic N) is 1. The minimum absolute atomic E-state index is 0.120. The van der Waals surface area contributed by atoms with Gasteiger partial charge in [0.15, 0.2) is 0 Å². The van der Waals surface area contributed by atoms with Crippen molar-refractivity contribution in [2.24, 2.45) is 4.99 Å². The number of esters is 1. The zero-order chi connectivity index (χ0) is 14.4. The van der Waals surface area contributed by atoms with Gasteiger partial charge in [0.25, 0.3) is 0 Å². The standard InChI is InChI=1S/C16H15NO3/c1-2-20-16(19)14-10-6-7-12(15(14)18)11-17-13-8-4-3-5-9-13/h3-11,18H,2H2,1H3/b17-11+. The minimum Gasteiger partial charge on any atom is -0.506 e. The van der Waals surface area contributed by atoms with Crippen molar-refractivity contribution in [3.05, 3.63) is 59.7 Å². The third-order valence-corrected chi connectivity index (χ3v) is 2.67. The molecule has 0 amide bonds. The molecule has 4 nitrogen and oxygen atoms in total. The van der Waals surface area contributed by atoms with Gasteiger partial charge in [-0.1, -0.05) is 24.3 Å². The van der Waals surface area contributed by atoms with E-state index in [2.05, 4.69) is 4.99 Å². The second kappa shape index (κ2) is 6.52. The first kappa shape index (κ1) is 13.8. The first-order valence-electron chi connectivity index (χ1n) is 6.30. The first-order valence-corrected chi connectivity index (χ1v) is 6.30. The van der Waals surface area contributed by atoms with Crippen LogP contribution in [0.5, 0.6) is 5.75 Å². The van der Waals surface area contributed by atoms with Gasteiger partial charge in [-0.15, -0.1) is 0 Å². The van der Waals surface area contributed by atoms with Crippen LogP contribution in [0.4, 0.5) is 5.69 Å². The predicted octanol–water partition coefficient (Wildman–Crippen LogP) is 3.32. The maximum absolute atomic E-state index is 11.7. The van der Waals surface area contributed by atoms with Gasteiger partial charge in [-0.05, 0) is 31.2 Å². The van der Waals surface area contributed by atoms with Gasteiger partial charge in [0.1, 0.15) is 11.3 Å². The molecule has 20 heavy (non-hydrogen) atoms. The van der Waals surface area contributed by atoms with Gasteiger partial charge < -0.3 is 9.84 Å². The number of aliphatic imine (C=N–C) groups is 1. The second-order valence-corrected chi connectivity index (χ2v) is 4.06. The van der Waals surface area contributed by atoms with Gasteiger partial charge in [-0.2, -0.15) is 0 Å². The van der Waals surface area contributed by atoms with Crippen LogP contribution in [0, 0.1) is 0 Å². The molecule has 0 aliphatic rings. The highest BCUT2D eigenvalue weighted by Crippen LogP contribution is 2.22. The Kier molecular flexibility index (Phi) is 4.50. The molecule has 0 bridgehead atoms. The molecule has 0 saturated heterocycles. The molecular formula is C16H15NO3. The molecule has 0 fully saturated rings. The molecule has 0 unspecified atom stereocenters. The molecule has 102 valence electrons. The molecule has 2 rings (SSSR count). The van der Waals surface area contributed by atoms with Crippen molar-refractivity contribution in [1.29, 1.82) is 0 Å². The number of aromatic hydroxyl groups is 1. The molecule has 0 heterocycles. The summed E-state index contributed by atoms with van der Waals surface area (Å²) in [5.74, 6) is -0.661. The summed E-state index contributed by atoms with van der Waals surface area (Å²) in [5, 5.41) is 10.1. The molecule has 0 radical (unpaired) electrons. The van der Waals surface area contributed by atoms with Crippen LogP contribution in [0.25, 0.3) is 0 Å². The molecular weight excluding hydrogens is 254 g/mol. The lowest BCUT2D eigenvalue weighted by atomic mass is 10.1. The molecule has 0 spiro atoms. The van der Waals surface area contributed by atoms with Gasteiger partial charge in [0, 0.05) is 11.8 Å². The maximum Gasteiger partial charge on any atom is 0.341 e. The van der Waals surface area contributed by atoms with Crippen molar-refractivity contribution in [3.63, 3.8) is 0 Å². The third kappa shape index (κ3) is 3.23. The summed E-state index contributed by atoms with van der Waals surface area (Å²) in [6.45, 7) is 1.98. The number of rotatable bonds is 4. The number of ether oxygens (including phenoxy) is 1. The average molecular weight is 269 g/mol. The van der Waals surface area contributed by atoms with E-state index < -0.39 is 5.97 Å². The topological polar surface area (TPSA) is 58.9 Å². The quantitative estimate of drug-likeness (QED) is 0.684. The van der Waals surface area contributed by atoms with Crippen molar-refractivity contribution < 1.29 is 14.6 Å². The van der Waals surface area contributed by atoms with Crippen LogP contribution in [0.2, 0.25) is 0 Å². The van der Waals surface area contributed by atoms with Crippen LogP contribution in [-0.4, -0.2) is 23.9 Å². The monoisotopic (exact) mass is 269 g/mol. The number of phenolic OH excluding ortho intramolecular Hbond substituents is 1. The van der Waals surface area contributed by atoms with Crippen molar-refractivity contribution in [1.82, 2.24) is 0 Å². The summed E-state index contributed by atoms with van der Waals surface area (Å²) in [6, 6.07) is 14.2. The average Bonchev–Trinajstić information content (AvgIpc) is 2.47. The lowest BCUT2D eigenvalue weighted by Gasteiger charge is -2.06. The Morgan fingerprint density at radius 1 is 1.20 bits per heavy atom. The van der Waals surface area contributed by atoms with Gasteiger partial charge in [-0.3, -0.25) is 4.99 Å². The zero-order valence-corrected chi connectivity index (χ0v) is 11.1. The summed E-state index contributed by atoms with van der Waals surface area (Å²) in [6.07, 6.45) is 1.52. The van der Waals surface area contributed by atoms with Crippen LogP contribution in [0.15, 0.2) is 53.5 Å². The fraction of sp³-hybridized carbons (Fsp3) is 0.125. The normalized spacial score (nSPS) is 10.7. The fourth-order valence-electron chi connectivity index (χ4n) is 1.70. The molecule has 0 saturated carbocycles. The molecule has 0 aliphatic carbocycles. The summed E-state index contributed by atoms with van der Waals surface area (Å²) in [5.41, 5.74) is 1.39. The van der Waals surface area contributed by atoms with Crippen LogP contribution in [0.1, 0.15) is 22.8 Å². The SMILES string of the molecule is CCOC(=O)c1cccc(/C=N/c2ccccc2)c1O. The van der Waals surface area contributed by atoms with Crippen molar-refractivity contribution >= 4 is 17.9 Å². The van der Waals surface area contributed by atoms with E-state index in [9.17, 15) is 9.90 Å². The Bertz CT molecular complexity index is 621. The Balaban J connectivity index is 2.27. The highest BCUT2D eigenvalue weighted by atomic mass is 16.5. The van der Waals surface area contributed by atoms with Gasteiger partial charge in [-0.25, -0.2) is 4.79 Å². The number of carbonyl (C=O) groups is 1. The van der Waals surface area contributed by atoms with Crippen molar-refractivity contribution in [3.8, 4) is 5.75 Å². The molecule has 0 atom stereocenters. The summed E-state index contributed by atoms with van der Waals surface area (Å²) in [4.78, 5) is 15.9. The number of hydrogen-bond acceptors (Lipinski definition) is 4. The van der Waals surface area contributed by atoms with Gasteiger partial charge in [0.05, 0.1) is 12.3 Å². The Morgan fingerprint density at radius 2 is 1.95 bits per heavy atom. The van der Waals surface area contributed by atoms with Crippen LogP contribution in [-0.2, 0) is 4.74 Å². The predicted molar refractivity (Wildman–Crippen MR) is 77.8 cm³/mol. The van der Waals surface area contributed by atoms with Gasteiger partial charge in [0.2, 0.25) is 0 Å². The largest absolute Gasteiger partial charge is 0.506 e. The lowest BCUT2D eigenvalue weighted by Crippen LogP contribution is -2.05. The summed E-state index contributed by atoms with van der Waals surface area (Å²) >= 11 is 0. The third-order valence-electron chi connectivity index (χ3n) is 2.67. The van der Waals surface area contributed by atoms with E-state index in [1.807, 2.05) is 30.3 Å². The van der Waals surface area contributed by atoms with Crippen LogP contribution >= 0.6 is 0 Å². The number of phenols is 1. The van der Waals surface area contributed by atoms with E-state index in [1.54, 1.807) is 19.1 Å². The van der Waals surface area contributed by atoms with E-state index in [1.165, 1.54) is 12.3 Å². The van der Waals surface area contributed by atoms with Crippen molar-refractivity contribution in [2.75, 3.05) is 6.61 Å². The molecule has 2 aromatic rings. The minimum atomic E-state index is -0.542. The Labute approximate surface area is 117 Å². The second-order valence-electron chi connectivity index (χ2n) is 4.06. The zero-order valence-electron chi connectivity index (χ0n) is 11.1. The molecule has 1 N–H and O–H groups in total. The summed E-state index contributed by atoms with van der Waals surface area (Å²) < 4.78 is 4.88. The van der Waals surface area contributed by atoms with E-state index in [0.717, 1.165) is 5.69 Å². The highest BCUT2D eigenvalue weighted by molar-refractivity contribution is 5.97. The maximum atomic E-state index is 11.7. The summed E-state index contributed by atoms with van der Waals surface area (Å²) in [7, 11) is 0. The smallest absolute Gasteiger partial charge is 0.341 e. The van der Waals surface area contributed by atoms with E-state index >= 15 is 0 Å². The Morgan fingerprint density at radius 3 is 2.65 bits per heavy atom. The van der Waals surface area contributed by atoms with E-state index in [0.29, 0.717) is 5.56 Å². The molecule has 0 aliphatic heterocycles. The highest BCUT2D eigenvalue weighted by Gasteiger charge is 2.13. The number of carbonyl (C=O) groups excluding carboxylic acids is 1. The first-order chi connectivity index (χ1) is 9.72. The number of hydrogen-bond donors (Lipinski definition) is 1. The fourth-order valence-corrected chi connectivity index (χ4v) is 1.70. The lowest BCUT2D eigenvalue weighted by molar-refractivity contribution is 0.0523. The van der Waals surface area contributed by atoms with Crippen molar-refractivity contribution in [2.45, 2.75) is 6.92 Å². The molecule has 0 aromatic heterocycles. The van der Waals surface area contributed by atoms with Crippen LogP contribution < -0.4 is 0 Å². The van der Waals surface area contributed by atoms with E-state index in [4.69, 9.17) is 4.74 Å².